The second-order valence-corrected chi connectivity index (χ2v) is 6.68. The van der Waals surface area contributed by atoms with Crippen LogP contribution in [0.5, 0.6) is 0 Å². The van der Waals surface area contributed by atoms with E-state index in [9.17, 15) is 0 Å². The summed E-state index contributed by atoms with van der Waals surface area (Å²) in [6, 6.07) is 0. The molecule has 0 aliphatic carbocycles. The Morgan fingerprint density at radius 2 is 1.94 bits per heavy atom. The van der Waals surface area contributed by atoms with Gasteiger partial charge in [-0.15, -0.1) is 0 Å². The van der Waals surface area contributed by atoms with Gasteiger partial charge in [0.1, 0.15) is 0 Å². The standard InChI is InChI=1S/C14H22N4/c1-10-6-17(7-10)13-15-5-11-8-18(14(2,3)4)9-12(11)16-13/h5,10H,6-9H2,1-4H3. The summed E-state index contributed by atoms with van der Waals surface area (Å²) in [4.78, 5) is 14.0. The molecule has 0 saturated carbocycles. The summed E-state index contributed by atoms with van der Waals surface area (Å²) in [5.41, 5.74) is 2.71. The van der Waals surface area contributed by atoms with Crippen LogP contribution in [0.3, 0.4) is 0 Å². The number of fused-ring (bicyclic) bond motifs is 1. The fraction of sp³-hybridized carbons (Fsp3) is 0.714. The van der Waals surface area contributed by atoms with Crippen molar-refractivity contribution >= 4 is 5.95 Å². The molecule has 0 aromatic carbocycles. The van der Waals surface area contributed by atoms with Gasteiger partial charge in [0.25, 0.3) is 0 Å². The quantitative estimate of drug-likeness (QED) is 0.759. The van der Waals surface area contributed by atoms with E-state index < -0.39 is 0 Å². The second-order valence-electron chi connectivity index (χ2n) is 6.68. The molecule has 4 heteroatoms. The summed E-state index contributed by atoms with van der Waals surface area (Å²) in [6.07, 6.45) is 2.02. The summed E-state index contributed by atoms with van der Waals surface area (Å²) in [5.74, 6) is 1.70. The van der Waals surface area contributed by atoms with Gasteiger partial charge in [0.2, 0.25) is 5.95 Å². The van der Waals surface area contributed by atoms with E-state index in [1.807, 2.05) is 6.20 Å². The molecular weight excluding hydrogens is 224 g/mol. The molecule has 1 saturated heterocycles. The Hall–Kier alpha value is -1.16. The van der Waals surface area contributed by atoms with Crippen LogP contribution in [0.1, 0.15) is 39.0 Å². The van der Waals surface area contributed by atoms with Crippen LogP contribution in [0.25, 0.3) is 0 Å². The molecule has 1 aromatic heterocycles. The average Bonchev–Trinajstić information content (AvgIpc) is 2.66. The zero-order chi connectivity index (χ0) is 12.9. The zero-order valence-corrected chi connectivity index (χ0v) is 11.8. The van der Waals surface area contributed by atoms with Gasteiger partial charge in [-0.25, -0.2) is 9.97 Å². The largest absolute Gasteiger partial charge is 0.340 e. The number of nitrogens with zero attached hydrogens (tertiary/aromatic N) is 4. The first kappa shape index (κ1) is 11.9. The Morgan fingerprint density at radius 1 is 1.22 bits per heavy atom. The van der Waals surface area contributed by atoms with Crippen LogP contribution < -0.4 is 4.90 Å². The van der Waals surface area contributed by atoms with E-state index in [-0.39, 0.29) is 5.54 Å². The molecule has 3 heterocycles. The first-order valence-corrected chi connectivity index (χ1v) is 6.78. The normalized spacial score (nSPS) is 21.0. The van der Waals surface area contributed by atoms with Crippen molar-refractivity contribution in [3.8, 4) is 0 Å². The first-order chi connectivity index (χ1) is 8.43. The monoisotopic (exact) mass is 246 g/mol. The SMILES string of the molecule is CC1CN(c2ncc3c(n2)CN(C(C)(C)C)C3)C1. The molecule has 2 aliphatic heterocycles. The van der Waals surface area contributed by atoms with Gasteiger partial charge in [0.15, 0.2) is 0 Å². The predicted octanol–water partition coefficient (Wildman–Crippen LogP) is 2.05. The van der Waals surface area contributed by atoms with Crippen molar-refractivity contribution in [3.63, 3.8) is 0 Å². The van der Waals surface area contributed by atoms with Crippen LogP contribution in [-0.2, 0) is 13.1 Å². The Balaban J connectivity index is 1.79. The van der Waals surface area contributed by atoms with Crippen molar-refractivity contribution in [2.24, 2.45) is 5.92 Å². The lowest BCUT2D eigenvalue weighted by molar-refractivity contribution is 0.135. The van der Waals surface area contributed by atoms with Gasteiger partial charge >= 0.3 is 0 Å². The molecule has 0 radical (unpaired) electrons. The molecule has 0 atom stereocenters. The van der Waals surface area contributed by atoms with Crippen LogP contribution in [0.15, 0.2) is 6.20 Å². The van der Waals surface area contributed by atoms with Gasteiger partial charge < -0.3 is 4.90 Å². The summed E-state index contributed by atoms with van der Waals surface area (Å²) < 4.78 is 0. The highest BCUT2D eigenvalue weighted by atomic mass is 15.3. The number of hydrogen-bond donors (Lipinski definition) is 0. The summed E-state index contributed by atoms with van der Waals surface area (Å²) in [6.45, 7) is 13.2. The minimum Gasteiger partial charge on any atom is -0.340 e. The Labute approximate surface area is 109 Å². The van der Waals surface area contributed by atoms with E-state index >= 15 is 0 Å². The first-order valence-electron chi connectivity index (χ1n) is 6.78. The highest BCUT2D eigenvalue weighted by Crippen LogP contribution is 2.29. The van der Waals surface area contributed by atoms with Crippen molar-refractivity contribution in [2.45, 2.75) is 46.3 Å². The average molecular weight is 246 g/mol. The maximum Gasteiger partial charge on any atom is 0.225 e. The molecule has 4 nitrogen and oxygen atoms in total. The van der Waals surface area contributed by atoms with Crippen LogP contribution >= 0.6 is 0 Å². The van der Waals surface area contributed by atoms with E-state index in [2.05, 4.69) is 42.5 Å². The van der Waals surface area contributed by atoms with Crippen LogP contribution in [0, 0.1) is 5.92 Å². The molecule has 98 valence electrons. The fourth-order valence-electron chi connectivity index (χ4n) is 2.63. The van der Waals surface area contributed by atoms with E-state index in [0.29, 0.717) is 0 Å². The molecule has 3 rings (SSSR count). The third kappa shape index (κ3) is 1.99. The molecule has 18 heavy (non-hydrogen) atoms. The molecule has 0 bridgehead atoms. The van der Waals surface area contributed by atoms with Gasteiger partial charge in [0, 0.05) is 43.5 Å². The highest BCUT2D eigenvalue weighted by molar-refractivity contribution is 5.37. The number of aromatic nitrogens is 2. The molecule has 0 unspecified atom stereocenters. The lowest BCUT2D eigenvalue weighted by atomic mass is 10.0. The number of anilines is 1. The molecule has 0 amide bonds. The van der Waals surface area contributed by atoms with E-state index in [4.69, 9.17) is 4.98 Å². The third-order valence-corrected chi connectivity index (χ3v) is 3.94. The van der Waals surface area contributed by atoms with Gasteiger partial charge in [-0.05, 0) is 26.7 Å². The number of rotatable bonds is 1. The molecule has 0 spiro atoms. The Bertz CT molecular complexity index is 457. The summed E-state index contributed by atoms with van der Waals surface area (Å²) in [5, 5.41) is 0. The van der Waals surface area contributed by atoms with Crippen molar-refractivity contribution in [2.75, 3.05) is 18.0 Å². The topological polar surface area (TPSA) is 32.3 Å². The molecule has 2 aliphatic rings. The Morgan fingerprint density at radius 3 is 2.56 bits per heavy atom. The van der Waals surface area contributed by atoms with E-state index in [1.165, 1.54) is 11.3 Å². The van der Waals surface area contributed by atoms with Crippen molar-refractivity contribution in [3.05, 3.63) is 17.5 Å². The molecular formula is C14H22N4. The molecule has 0 N–H and O–H groups in total. The smallest absolute Gasteiger partial charge is 0.225 e. The van der Waals surface area contributed by atoms with E-state index in [0.717, 1.165) is 38.0 Å². The van der Waals surface area contributed by atoms with Crippen LogP contribution in [0.2, 0.25) is 0 Å². The summed E-state index contributed by atoms with van der Waals surface area (Å²) in [7, 11) is 0. The lowest BCUT2D eigenvalue weighted by Crippen LogP contribution is -2.46. The maximum atomic E-state index is 4.75. The highest BCUT2D eigenvalue weighted by Gasteiger charge is 2.31. The Kier molecular flexibility index (Phi) is 2.59. The molecule has 1 aromatic rings. The van der Waals surface area contributed by atoms with Gasteiger partial charge in [-0.2, -0.15) is 0 Å². The molecule has 1 fully saturated rings. The fourth-order valence-corrected chi connectivity index (χ4v) is 2.63. The third-order valence-electron chi connectivity index (χ3n) is 3.94. The van der Waals surface area contributed by atoms with Crippen molar-refractivity contribution < 1.29 is 0 Å². The predicted molar refractivity (Wildman–Crippen MR) is 72.4 cm³/mol. The van der Waals surface area contributed by atoms with E-state index in [1.54, 1.807) is 0 Å². The second kappa shape index (κ2) is 3.92. The van der Waals surface area contributed by atoms with Crippen LogP contribution in [-0.4, -0.2) is 33.5 Å². The number of hydrogen-bond acceptors (Lipinski definition) is 4. The van der Waals surface area contributed by atoms with Crippen molar-refractivity contribution in [1.82, 2.24) is 14.9 Å². The zero-order valence-electron chi connectivity index (χ0n) is 11.8. The minimum absolute atomic E-state index is 0.201. The van der Waals surface area contributed by atoms with Gasteiger partial charge in [-0.3, -0.25) is 4.90 Å². The van der Waals surface area contributed by atoms with Crippen molar-refractivity contribution in [1.29, 1.82) is 0 Å². The lowest BCUT2D eigenvalue weighted by Gasteiger charge is -2.37. The van der Waals surface area contributed by atoms with Gasteiger partial charge in [-0.1, -0.05) is 6.92 Å². The van der Waals surface area contributed by atoms with Crippen LogP contribution in [0.4, 0.5) is 5.95 Å². The minimum atomic E-state index is 0.201. The maximum absolute atomic E-state index is 4.75. The van der Waals surface area contributed by atoms with Gasteiger partial charge in [0.05, 0.1) is 5.69 Å². The summed E-state index contributed by atoms with van der Waals surface area (Å²) >= 11 is 0.